The number of carboxylic acids is 1. The van der Waals surface area contributed by atoms with Gasteiger partial charge in [0.25, 0.3) is 5.91 Å². The third-order valence-corrected chi connectivity index (χ3v) is 6.35. The minimum Gasteiger partial charge on any atom is -0.481 e. The second kappa shape index (κ2) is 10.6. The fourth-order valence-electron chi connectivity index (χ4n) is 4.10. The van der Waals surface area contributed by atoms with Crippen molar-refractivity contribution in [2.24, 2.45) is 5.92 Å². The largest absolute Gasteiger partial charge is 0.481 e. The Balaban J connectivity index is 1.74. The molecular weight excluding hydrogens is 501 g/mol. The monoisotopic (exact) mass is 526 g/mol. The molecule has 2 atom stereocenters. The van der Waals surface area contributed by atoms with Crippen molar-refractivity contribution in [1.29, 1.82) is 0 Å². The van der Waals surface area contributed by atoms with Crippen molar-refractivity contribution < 1.29 is 27.9 Å². The van der Waals surface area contributed by atoms with E-state index in [4.69, 9.17) is 0 Å². The molecule has 1 amide bonds. The Hall–Kier alpha value is -2.55. The van der Waals surface area contributed by atoms with E-state index in [1.807, 2.05) is 13.0 Å². The molecule has 2 N–H and O–H groups in total. The van der Waals surface area contributed by atoms with Gasteiger partial charge < -0.3 is 15.3 Å². The first-order valence-corrected chi connectivity index (χ1v) is 11.5. The molecule has 2 aromatic carbocycles. The van der Waals surface area contributed by atoms with Crippen molar-refractivity contribution in [1.82, 2.24) is 4.90 Å². The molecule has 3 rings (SSSR count). The molecule has 1 saturated heterocycles. The lowest BCUT2D eigenvalue weighted by Gasteiger charge is -2.30. The van der Waals surface area contributed by atoms with Gasteiger partial charge in [0.05, 0.1) is 12.0 Å². The molecule has 0 bridgehead atoms. The lowest BCUT2D eigenvalue weighted by Crippen LogP contribution is -2.42. The summed E-state index contributed by atoms with van der Waals surface area (Å²) in [5, 5.41) is 12.4. The molecule has 0 radical (unpaired) electrons. The first-order chi connectivity index (χ1) is 15.5. The molecule has 1 heterocycles. The van der Waals surface area contributed by atoms with Gasteiger partial charge in [-0.2, -0.15) is 13.2 Å². The summed E-state index contributed by atoms with van der Waals surface area (Å²) < 4.78 is 39.6. The zero-order chi connectivity index (χ0) is 24.2. The Morgan fingerprint density at radius 1 is 1.21 bits per heavy atom. The van der Waals surface area contributed by atoms with Crippen LogP contribution >= 0.6 is 15.9 Å². The Morgan fingerprint density at radius 3 is 2.52 bits per heavy atom. The molecule has 2 aromatic rings. The lowest BCUT2D eigenvalue weighted by molar-refractivity contribution is -0.143. The third kappa shape index (κ3) is 6.96. The number of carbonyl (C=O) groups is 2. The van der Waals surface area contributed by atoms with Crippen molar-refractivity contribution in [3.63, 3.8) is 0 Å². The highest BCUT2D eigenvalue weighted by molar-refractivity contribution is 9.10. The predicted molar refractivity (Wildman–Crippen MR) is 123 cm³/mol. The second-order valence-corrected chi connectivity index (χ2v) is 9.27. The third-order valence-electron chi connectivity index (χ3n) is 5.85. The van der Waals surface area contributed by atoms with E-state index in [9.17, 15) is 27.9 Å². The number of piperidine rings is 1. The van der Waals surface area contributed by atoms with Crippen LogP contribution in [0.2, 0.25) is 0 Å². The lowest BCUT2D eigenvalue weighted by atomic mass is 9.96. The van der Waals surface area contributed by atoms with Gasteiger partial charge in [-0.15, -0.1) is 0 Å². The summed E-state index contributed by atoms with van der Waals surface area (Å²) in [5.41, 5.74) is 2.66. The van der Waals surface area contributed by atoms with E-state index in [1.165, 1.54) is 0 Å². The van der Waals surface area contributed by atoms with Crippen LogP contribution in [-0.4, -0.2) is 41.1 Å². The van der Waals surface area contributed by atoms with Gasteiger partial charge in [-0.1, -0.05) is 22.0 Å². The molecule has 1 fully saturated rings. The van der Waals surface area contributed by atoms with Gasteiger partial charge in [0.15, 0.2) is 0 Å². The Kier molecular flexibility index (Phi) is 8.05. The van der Waals surface area contributed by atoms with Crippen molar-refractivity contribution >= 4 is 33.5 Å². The topological polar surface area (TPSA) is 69.6 Å². The standard InChI is InChI=1S/C24H26BrF3N2O3/c1-15-13-18(25)6-9-20(15)21(10-11-24(26,27)28)29-19-7-4-16(5-8-19)22(31)30-12-2-3-17(14-30)23(32)33/h4-9,13,17,21,29H,2-3,10-12,14H2,1H3,(H,32,33)/t17-,21?/m1/s1. The number of anilines is 1. The van der Waals surface area contributed by atoms with E-state index in [0.717, 1.165) is 15.6 Å². The van der Waals surface area contributed by atoms with Crippen LogP contribution < -0.4 is 5.32 Å². The summed E-state index contributed by atoms with van der Waals surface area (Å²) in [5.74, 6) is -1.71. The molecule has 0 aliphatic carbocycles. The fraction of sp³-hybridized carbons (Fsp3) is 0.417. The zero-order valence-electron chi connectivity index (χ0n) is 18.2. The number of nitrogens with zero attached hydrogens (tertiary/aromatic N) is 1. The number of halogens is 4. The predicted octanol–water partition coefficient (Wildman–Crippen LogP) is 6.19. The van der Waals surface area contributed by atoms with Gasteiger partial charge in [-0.05, 0) is 73.7 Å². The van der Waals surface area contributed by atoms with Crippen molar-refractivity contribution in [3.8, 4) is 0 Å². The number of alkyl halides is 3. The number of likely N-dealkylation sites (tertiary alicyclic amines) is 1. The molecule has 1 aliphatic rings. The van der Waals surface area contributed by atoms with Crippen LogP contribution in [0.4, 0.5) is 18.9 Å². The number of aryl methyl sites for hydroxylation is 1. The maximum Gasteiger partial charge on any atom is 0.389 e. The zero-order valence-corrected chi connectivity index (χ0v) is 19.7. The van der Waals surface area contributed by atoms with Crippen LogP contribution in [0.15, 0.2) is 46.9 Å². The molecular formula is C24H26BrF3N2O3. The van der Waals surface area contributed by atoms with E-state index < -0.39 is 30.5 Å². The number of rotatable bonds is 7. The average Bonchev–Trinajstić information content (AvgIpc) is 2.76. The summed E-state index contributed by atoms with van der Waals surface area (Å²) >= 11 is 3.38. The van der Waals surface area contributed by atoms with E-state index in [0.29, 0.717) is 30.6 Å². The van der Waals surface area contributed by atoms with Crippen LogP contribution in [0.3, 0.4) is 0 Å². The van der Waals surface area contributed by atoms with Crippen LogP contribution in [-0.2, 0) is 4.79 Å². The van der Waals surface area contributed by atoms with Gasteiger partial charge in [0.2, 0.25) is 0 Å². The van der Waals surface area contributed by atoms with Crippen molar-refractivity contribution in [3.05, 3.63) is 63.6 Å². The molecule has 5 nitrogen and oxygen atoms in total. The molecule has 1 aliphatic heterocycles. The van der Waals surface area contributed by atoms with Crippen molar-refractivity contribution in [2.75, 3.05) is 18.4 Å². The second-order valence-electron chi connectivity index (χ2n) is 8.36. The molecule has 178 valence electrons. The molecule has 0 saturated carbocycles. The summed E-state index contributed by atoms with van der Waals surface area (Å²) in [6, 6.07) is 11.5. The highest BCUT2D eigenvalue weighted by atomic mass is 79.9. The van der Waals surface area contributed by atoms with Crippen LogP contribution in [0.1, 0.15) is 53.2 Å². The minimum absolute atomic E-state index is 0.128. The SMILES string of the molecule is Cc1cc(Br)ccc1C(CCC(F)(F)F)Nc1ccc(C(=O)N2CCC[C@@H](C(=O)O)C2)cc1. The summed E-state index contributed by atoms with van der Waals surface area (Å²) in [6.07, 6.45) is -4.12. The number of hydrogen-bond donors (Lipinski definition) is 2. The number of hydrogen-bond acceptors (Lipinski definition) is 3. The first kappa shape index (κ1) is 25.1. The Morgan fingerprint density at radius 2 is 1.91 bits per heavy atom. The molecule has 0 spiro atoms. The van der Waals surface area contributed by atoms with Gasteiger partial charge >= 0.3 is 12.1 Å². The van der Waals surface area contributed by atoms with Gasteiger partial charge in [-0.25, -0.2) is 0 Å². The Bertz CT molecular complexity index is 995. The van der Waals surface area contributed by atoms with E-state index in [1.54, 1.807) is 41.3 Å². The quantitative estimate of drug-likeness (QED) is 0.451. The van der Waals surface area contributed by atoms with E-state index in [2.05, 4.69) is 21.2 Å². The molecule has 33 heavy (non-hydrogen) atoms. The van der Waals surface area contributed by atoms with E-state index in [-0.39, 0.29) is 18.9 Å². The highest BCUT2D eigenvalue weighted by Crippen LogP contribution is 2.32. The maximum absolute atomic E-state index is 12.9. The maximum atomic E-state index is 12.9. The summed E-state index contributed by atoms with van der Waals surface area (Å²) in [4.78, 5) is 25.6. The normalized spacial score (nSPS) is 17.5. The molecule has 0 aromatic heterocycles. The van der Waals surface area contributed by atoms with Gasteiger partial charge in [0, 0.05) is 35.2 Å². The molecule has 9 heteroatoms. The number of amides is 1. The van der Waals surface area contributed by atoms with Gasteiger partial charge in [0.1, 0.15) is 0 Å². The summed E-state index contributed by atoms with van der Waals surface area (Å²) in [6.45, 7) is 2.54. The number of nitrogens with one attached hydrogen (secondary N) is 1. The first-order valence-electron chi connectivity index (χ1n) is 10.7. The van der Waals surface area contributed by atoms with E-state index >= 15 is 0 Å². The summed E-state index contributed by atoms with van der Waals surface area (Å²) in [7, 11) is 0. The minimum atomic E-state index is -4.26. The average molecular weight is 527 g/mol. The smallest absolute Gasteiger partial charge is 0.389 e. The van der Waals surface area contributed by atoms with Gasteiger partial charge in [-0.3, -0.25) is 9.59 Å². The number of carbonyl (C=O) groups excluding carboxylic acids is 1. The Labute approximate surface area is 199 Å². The highest BCUT2D eigenvalue weighted by Gasteiger charge is 2.30. The van der Waals surface area contributed by atoms with Crippen LogP contribution in [0.25, 0.3) is 0 Å². The van der Waals surface area contributed by atoms with Crippen LogP contribution in [0.5, 0.6) is 0 Å². The van der Waals surface area contributed by atoms with Crippen LogP contribution in [0, 0.1) is 12.8 Å². The fourth-order valence-corrected chi connectivity index (χ4v) is 4.58. The number of benzene rings is 2. The molecule has 1 unspecified atom stereocenters. The van der Waals surface area contributed by atoms with Crippen molar-refractivity contribution in [2.45, 2.75) is 44.8 Å². The number of carboxylic acid groups (broad SMARTS) is 1. The number of aliphatic carboxylic acids is 1.